The van der Waals surface area contributed by atoms with Crippen LogP contribution in [-0.2, 0) is 4.79 Å². The van der Waals surface area contributed by atoms with E-state index in [2.05, 4.69) is 0 Å². The Hall–Kier alpha value is -2.26. The molecule has 0 radical (unpaired) electrons. The number of Topliss-reactive ketones (excluding diaryl/α,β-unsaturated/α-hetero) is 1. The van der Waals surface area contributed by atoms with Crippen LogP contribution in [0.15, 0.2) is 54.6 Å². The summed E-state index contributed by atoms with van der Waals surface area (Å²) in [6, 6.07) is 15.7. The molecular weight excluding hydrogens is 339 g/mol. The number of ketones is 1. The number of hydrogen-bond acceptors (Lipinski definition) is 2. The van der Waals surface area contributed by atoms with Gasteiger partial charge in [-0.05, 0) is 42.0 Å². The first-order valence-electron chi connectivity index (χ1n) is 9.86. The first-order chi connectivity index (χ1) is 13.0. The fourth-order valence-corrected chi connectivity index (χ4v) is 4.94. The number of hydrogen-bond donors (Lipinski definition) is 1. The second-order valence-corrected chi connectivity index (χ2v) is 7.87. The van der Waals surface area contributed by atoms with Crippen LogP contribution in [0.25, 0.3) is 11.1 Å². The summed E-state index contributed by atoms with van der Waals surface area (Å²) in [5.74, 6) is -0.815. The predicted molar refractivity (Wildman–Crippen MR) is 105 cm³/mol. The lowest BCUT2D eigenvalue weighted by atomic mass is 9.68. The fourth-order valence-electron chi connectivity index (χ4n) is 4.94. The number of benzene rings is 2. The number of allylic oxidation sites excluding steroid dienone is 1. The van der Waals surface area contributed by atoms with Crippen molar-refractivity contribution in [3.05, 3.63) is 71.5 Å². The fraction of sp³-hybridized carbons (Fsp3) is 0.375. The monoisotopic (exact) mass is 364 g/mol. The van der Waals surface area contributed by atoms with Gasteiger partial charge in [0.25, 0.3) is 0 Å². The summed E-state index contributed by atoms with van der Waals surface area (Å²) in [5.41, 5.74) is 1.64. The van der Waals surface area contributed by atoms with Crippen molar-refractivity contribution >= 4 is 16.9 Å². The molecule has 2 aromatic rings. The Morgan fingerprint density at radius 2 is 1.56 bits per heavy atom. The van der Waals surface area contributed by atoms with Gasteiger partial charge in [0.15, 0.2) is 5.78 Å². The molecule has 2 aliphatic carbocycles. The number of rotatable bonds is 3. The normalized spacial score (nSPS) is 26.6. The molecule has 2 atom stereocenters. The summed E-state index contributed by atoms with van der Waals surface area (Å²) < 4.78 is 13.5. The van der Waals surface area contributed by atoms with Crippen LogP contribution in [-0.4, -0.2) is 16.5 Å². The van der Waals surface area contributed by atoms with E-state index in [1.807, 2.05) is 37.3 Å². The van der Waals surface area contributed by atoms with E-state index in [0.29, 0.717) is 11.1 Å². The van der Waals surface area contributed by atoms with E-state index >= 15 is 0 Å². The molecule has 140 valence electrons. The predicted octanol–water partition coefficient (Wildman–Crippen LogP) is 5.27. The number of carbonyl (C=O) groups excluding carboxylic acids is 1. The molecule has 3 heteroatoms. The highest BCUT2D eigenvalue weighted by atomic mass is 19.1. The summed E-state index contributed by atoms with van der Waals surface area (Å²) in [5, 5.41) is 12.0. The van der Waals surface area contributed by atoms with E-state index in [4.69, 9.17) is 0 Å². The minimum atomic E-state index is -1.18. The lowest BCUT2D eigenvalue weighted by Crippen LogP contribution is -2.45. The molecule has 1 fully saturated rings. The molecule has 4 rings (SSSR count). The van der Waals surface area contributed by atoms with Crippen LogP contribution in [0.2, 0.25) is 0 Å². The maximum Gasteiger partial charge on any atom is 0.169 e. The highest BCUT2D eigenvalue weighted by Crippen LogP contribution is 2.54. The molecule has 0 aromatic heterocycles. The molecule has 0 bridgehead atoms. The van der Waals surface area contributed by atoms with E-state index < -0.39 is 11.5 Å². The highest BCUT2D eigenvalue weighted by molar-refractivity contribution is 6.33. The average molecular weight is 364 g/mol. The number of carbonyl (C=O) groups is 1. The lowest BCUT2D eigenvalue weighted by Gasteiger charge is -2.40. The molecule has 2 nitrogen and oxygen atoms in total. The van der Waals surface area contributed by atoms with Gasteiger partial charge in [-0.15, -0.1) is 0 Å². The SMILES string of the molecule is CC1C(=O)C(c2ccc(F)cc2)=C(c2ccccc2)C1(O)C1CCCCC1. The lowest BCUT2D eigenvalue weighted by molar-refractivity contribution is -0.123. The van der Waals surface area contributed by atoms with Gasteiger partial charge in [0.1, 0.15) is 11.4 Å². The van der Waals surface area contributed by atoms with Crippen molar-refractivity contribution in [2.45, 2.75) is 44.6 Å². The minimum Gasteiger partial charge on any atom is -0.384 e. The van der Waals surface area contributed by atoms with Crippen molar-refractivity contribution in [2.75, 3.05) is 0 Å². The third-order valence-corrected chi connectivity index (χ3v) is 6.37. The third-order valence-electron chi connectivity index (χ3n) is 6.37. The standard InChI is InChI=1S/C24H25FO2/c1-16-23(26)21(17-12-14-20(25)15-13-17)22(18-8-4-2-5-9-18)24(16,27)19-10-6-3-7-11-19/h2,4-5,8-9,12-16,19,27H,3,6-7,10-11H2,1H3. The summed E-state index contributed by atoms with van der Waals surface area (Å²) in [4.78, 5) is 13.3. The van der Waals surface area contributed by atoms with Crippen LogP contribution in [0.5, 0.6) is 0 Å². The highest BCUT2D eigenvalue weighted by Gasteiger charge is 2.55. The Kier molecular flexibility index (Phi) is 4.73. The zero-order chi connectivity index (χ0) is 19.0. The third kappa shape index (κ3) is 2.94. The largest absolute Gasteiger partial charge is 0.384 e. The van der Waals surface area contributed by atoms with Gasteiger partial charge in [-0.1, -0.05) is 68.7 Å². The summed E-state index contributed by atoms with van der Waals surface area (Å²) in [6.07, 6.45) is 5.22. The topological polar surface area (TPSA) is 37.3 Å². The molecule has 0 aliphatic heterocycles. The van der Waals surface area contributed by atoms with Crippen molar-refractivity contribution in [3.63, 3.8) is 0 Å². The minimum absolute atomic E-state index is 0.0477. The van der Waals surface area contributed by atoms with Gasteiger partial charge in [-0.3, -0.25) is 4.79 Å². The van der Waals surface area contributed by atoms with Gasteiger partial charge in [-0.25, -0.2) is 4.39 Å². The van der Waals surface area contributed by atoms with Gasteiger partial charge in [-0.2, -0.15) is 0 Å². The van der Waals surface area contributed by atoms with Crippen molar-refractivity contribution in [2.24, 2.45) is 11.8 Å². The zero-order valence-corrected chi connectivity index (χ0v) is 15.6. The van der Waals surface area contributed by atoms with Gasteiger partial charge in [0.05, 0.1) is 5.92 Å². The van der Waals surface area contributed by atoms with Gasteiger partial charge in [0.2, 0.25) is 0 Å². The van der Waals surface area contributed by atoms with E-state index in [-0.39, 0.29) is 17.5 Å². The number of aliphatic hydroxyl groups is 1. The Labute approximate surface area is 159 Å². The Morgan fingerprint density at radius 1 is 0.926 bits per heavy atom. The van der Waals surface area contributed by atoms with Gasteiger partial charge >= 0.3 is 0 Å². The van der Waals surface area contributed by atoms with Gasteiger partial charge in [0, 0.05) is 11.1 Å². The second kappa shape index (κ2) is 7.05. The van der Waals surface area contributed by atoms with E-state index in [0.717, 1.165) is 36.8 Å². The molecule has 1 N–H and O–H groups in total. The van der Waals surface area contributed by atoms with Crippen LogP contribution >= 0.6 is 0 Å². The second-order valence-electron chi connectivity index (χ2n) is 7.87. The Balaban J connectivity index is 1.95. The maximum atomic E-state index is 13.5. The number of halogens is 1. The molecule has 0 amide bonds. The molecule has 0 saturated heterocycles. The quantitative estimate of drug-likeness (QED) is 0.806. The van der Waals surface area contributed by atoms with Crippen LogP contribution in [0.1, 0.15) is 50.2 Å². The van der Waals surface area contributed by atoms with E-state index in [1.165, 1.54) is 18.6 Å². The molecule has 0 heterocycles. The first-order valence-corrected chi connectivity index (χ1v) is 9.86. The molecule has 2 aliphatic rings. The maximum absolute atomic E-state index is 13.5. The Morgan fingerprint density at radius 3 is 2.19 bits per heavy atom. The average Bonchev–Trinajstić information content (AvgIpc) is 2.92. The van der Waals surface area contributed by atoms with E-state index in [9.17, 15) is 14.3 Å². The van der Waals surface area contributed by atoms with E-state index in [1.54, 1.807) is 12.1 Å². The van der Waals surface area contributed by atoms with Crippen molar-refractivity contribution in [3.8, 4) is 0 Å². The molecule has 27 heavy (non-hydrogen) atoms. The van der Waals surface area contributed by atoms with Crippen molar-refractivity contribution in [1.82, 2.24) is 0 Å². The molecule has 0 spiro atoms. The van der Waals surface area contributed by atoms with Crippen molar-refractivity contribution < 1.29 is 14.3 Å². The molecular formula is C24H25FO2. The summed E-state index contributed by atoms with van der Waals surface area (Å²) in [7, 11) is 0. The smallest absolute Gasteiger partial charge is 0.169 e. The first kappa shape index (κ1) is 18.1. The molecule has 2 unspecified atom stereocenters. The molecule has 1 saturated carbocycles. The van der Waals surface area contributed by atoms with Crippen molar-refractivity contribution in [1.29, 1.82) is 0 Å². The van der Waals surface area contributed by atoms with Crippen LogP contribution < -0.4 is 0 Å². The molecule has 2 aromatic carbocycles. The van der Waals surface area contributed by atoms with Crippen LogP contribution in [0.4, 0.5) is 4.39 Å². The van der Waals surface area contributed by atoms with Gasteiger partial charge < -0.3 is 5.11 Å². The van der Waals surface area contributed by atoms with Crippen LogP contribution in [0, 0.1) is 17.7 Å². The zero-order valence-electron chi connectivity index (χ0n) is 15.6. The Bertz CT molecular complexity index is 863. The van der Waals surface area contributed by atoms with Crippen LogP contribution in [0.3, 0.4) is 0 Å². The summed E-state index contributed by atoms with van der Waals surface area (Å²) >= 11 is 0. The summed E-state index contributed by atoms with van der Waals surface area (Å²) in [6.45, 7) is 1.84.